The van der Waals surface area contributed by atoms with Crippen LogP contribution in [0.2, 0.25) is 0 Å². The van der Waals surface area contributed by atoms with Crippen molar-refractivity contribution in [1.29, 1.82) is 0 Å². The summed E-state index contributed by atoms with van der Waals surface area (Å²) in [6.07, 6.45) is 1.00. The molecule has 1 N–H and O–H groups in total. The summed E-state index contributed by atoms with van der Waals surface area (Å²) >= 11 is 1.44. The van der Waals surface area contributed by atoms with Crippen LogP contribution in [0.4, 0.5) is 0 Å². The summed E-state index contributed by atoms with van der Waals surface area (Å²) in [7, 11) is 0. The number of hydrogen-bond donors (Lipinski definition) is 1. The normalized spacial score (nSPS) is 12.5. The summed E-state index contributed by atoms with van der Waals surface area (Å²) < 4.78 is 13.3. The molecule has 0 radical (unpaired) electrons. The Hall–Kier alpha value is -2.80. The third kappa shape index (κ3) is 3.43. The molecule has 0 unspecified atom stereocenters. The van der Waals surface area contributed by atoms with Gasteiger partial charge in [0.05, 0.1) is 10.1 Å². The zero-order chi connectivity index (χ0) is 17.9. The summed E-state index contributed by atoms with van der Waals surface area (Å²) in [6, 6.07) is 13.2. The smallest absolute Gasteiger partial charge is 0.268 e. The zero-order valence-electron chi connectivity index (χ0n) is 14.1. The molecule has 0 saturated carbocycles. The molecule has 3 aromatic rings. The molecule has 134 valence electrons. The second-order valence-corrected chi connectivity index (χ2v) is 7.13. The van der Waals surface area contributed by atoms with E-state index in [1.165, 1.54) is 11.5 Å². The van der Waals surface area contributed by atoms with Crippen molar-refractivity contribution in [3.63, 3.8) is 0 Å². The average Bonchev–Trinajstić information content (AvgIpc) is 3.25. The highest BCUT2D eigenvalue weighted by molar-refractivity contribution is 7.13. The third-order valence-electron chi connectivity index (χ3n) is 4.24. The van der Waals surface area contributed by atoms with Crippen molar-refractivity contribution in [2.75, 3.05) is 6.79 Å². The van der Waals surface area contributed by atoms with Crippen molar-refractivity contribution in [3.05, 3.63) is 58.4 Å². The van der Waals surface area contributed by atoms with Crippen LogP contribution in [-0.4, -0.2) is 16.7 Å². The van der Waals surface area contributed by atoms with Crippen molar-refractivity contribution in [1.82, 2.24) is 9.27 Å². The number of hydrogen-bond acceptors (Lipinski definition) is 5. The summed E-state index contributed by atoms with van der Waals surface area (Å²) in [6.45, 7) is 1.23. The number of benzene rings is 2. The lowest BCUT2D eigenvalue weighted by Crippen LogP contribution is -2.23. The van der Waals surface area contributed by atoms with Gasteiger partial charge in [-0.15, -0.1) is 0 Å². The topological polar surface area (TPSA) is 69.6 Å². The first-order chi connectivity index (χ1) is 12.7. The largest absolute Gasteiger partial charge is 0.454 e. The minimum absolute atomic E-state index is 0.0198. The fourth-order valence-electron chi connectivity index (χ4n) is 2.89. The number of aromatic nitrogens is 1. The number of aryl methyl sites for hydroxylation is 1. The molecule has 2 aromatic carbocycles. The van der Waals surface area contributed by atoms with Gasteiger partial charge in [-0.05, 0) is 36.2 Å². The van der Waals surface area contributed by atoms with Crippen LogP contribution in [-0.2, 0) is 17.9 Å². The van der Waals surface area contributed by atoms with Crippen LogP contribution in [0.25, 0.3) is 10.1 Å². The first-order valence-corrected chi connectivity index (χ1v) is 9.22. The first kappa shape index (κ1) is 16.7. The zero-order valence-corrected chi connectivity index (χ0v) is 14.9. The minimum atomic E-state index is -0.0307. The van der Waals surface area contributed by atoms with Gasteiger partial charge in [-0.2, -0.15) is 0 Å². The van der Waals surface area contributed by atoms with E-state index in [0.29, 0.717) is 31.7 Å². The van der Waals surface area contributed by atoms with Gasteiger partial charge >= 0.3 is 0 Å². The Morgan fingerprint density at radius 2 is 2.00 bits per heavy atom. The van der Waals surface area contributed by atoms with Crippen LogP contribution >= 0.6 is 11.5 Å². The highest BCUT2D eigenvalue weighted by atomic mass is 32.1. The Morgan fingerprint density at radius 1 is 1.15 bits per heavy atom. The van der Waals surface area contributed by atoms with Crippen LogP contribution in [0.1, 0.15) is 18.4 Å². The molecule has 4 rings (SSSR count). The van der Waals surface area contributed by atoms with Gasteiger partial charge in [-0.1, -0.05) is 29.7 Å². The standard InChI is InChI=1S/C19H18N2O4S/c22-18(20-11-13-7-8-15-16(10-13)25-12-24-15)6-3-9-21-19(23)14-4-1-2-5-17(14)26-21/h1-2,4-5,7-8,10H,3,6,9,11-12H2,(H,20,22). The molecular weight excluding hydrogens is 352 g/mol. The van der Waals surface area contributed by atoms with E-state index in [4.69, 9.17) is 9.47 Å². The van der Waals surface area contributed by atoms with Crippen molar-refractivity contribution in [2.24, 2.45) is 0 Å². The van der Waals surface area contributed by atoms with Crippen molar-refractivity contribution >= 4 is 27.5 Å². The van der Waals surface area contributed by atoms with E-state index in [0.717, 1.165) is 21.4 Å². The molecule has 7 heteroatoms. The van der Waals surface area contributed by atoms with Crippen molar-refractivity contribution < 1.29 is 14.3 Å². The molecule has 26 heavy (non-hydrogen) atoms. The maximum absolute atomic E-state index is 12.3. The third-order valence-corrected chi connectivity index (χ3v) is 5.37. The van der Waals surface area contributed by atoms with Crippen LogP contribution in [0.3, 0.4) is 0 Å². The van der Waals surface area contributed by atoms with Crippen LogP contribution in [0, 0.1) is 0 Å². The molecule has 0 saturated heterocycles. The molecule has 1 amide bonds. The lowest BCUT2D eigenvalue weighted by molar-refractivity contribution is -0.121. The molecule has 1 aromatic heterocycles. The molecule has 1 aliphatic rings. The number of fused-ring (bicyclic) bond motifs is 2. The maximum Gasteiger partial charge on any atom is 0.268 e. The molecule has 0 spiro atoms. The predicted molar refractivity (Wildman–Crippen MR) is 99.7 cm³/mol. The molecule has 0 atom stereocenters. The van der Waals surface area contributed by atoms with Gasteiger partial charge in [0.1, 0.15) is 0 Å². The molecule has 0 fully saturated rings. The quantitative estimate of drug-likeness (QED) is 0.724. The van der Waals surface area contributed by atoms with Gasteiger partial charge in [0.25, 0.3) is 5.56 Å². The van der Waals surface area contributed by atoms with Gasteiger partial charge in [0, 0.05) is 19.5 Å². The fraction of sp³-hybridized carbons (Fsp3) is 0.263. The van der Waals surface area contributed by atoms with Crippen LogP contribution in [0.15, 0.2) is 47.3 Å². The van der Waals surface area contributed by atoms with Gasteiger partial charge < -0.3 is 14.8 Å². The van der Waals surface area contributed by atoms with Crippen molar-refractivity contribution in [2.45, 2.75) is 25.9 Å². The fourth-order valence-corrected chi connectivity index (χ4v) is 3.92. The van der Waals surface area contributed by atoms with Gasteiger partial charge in [0.2, 0.25) is 12.7 Å². The van der Waals surface area contributed by atoms with E-state index in [-0.39, 0.29) is 18.3 Å². The summed E-state index contributed by atoms with van der Waals surface area (Å²) in [5.74, 6) is 1.41. The second kappa shape index (κ2) is 7.21. The van der Waals surface area contributed by atoms with Crippen LogP contribution in [0.5, 0.6) is 11.5 Å². The number of carbonyl (C=O) groups is 1. The van der Waals surface area contributed by atoms with Gasteiger partial charge in [-0.3, -0.25) is 13.5 Å². The Balaban J connectivity index is 1.27. The summed E-state index contributed by atoms with van der Waals surface area (Å²) in [5, 5.41) is 3.64. The van der Waals surface area contributed by atoms with Crippen LogP contribution < -0.4 is 20.3 Å². The number of nitrogens with zero attached hydrogens (tertiary/aromatic N) is 1. The molecule has 2 heterocycles. The van der Waals surface area contributed by atoms with E-state index in [1.807, 2.05) is 42.5 Å². The van der Waals surface area contributed by atoms with Gasteiger partial charge in [-0.25, -0.2) is 0 Å². The number of rotatable bonds is 6. The summed E-state index contributed by atoms with van der Waals surface area (Å²) in [5.41, 5.74) is 0.981. The highest BCUT2D eigenvalue weighted by Crippen LogP contribution is 2.32. The maximum atomic E-state index is 12.3. The monoisotopic (exact) mass is 370 g/mol. The lowest BCUT2D eigenvalue weighted by Gasteiger charge is -2.06. The Bertz CT molecular complexity index is 1010. The molecule has 0 aliphatic carbocycles. The Labute approximate surface area is 154 Å². The van der Waals surface area contributed by atoms with E-state index in [9.17, 15) is 9.59 Å². The number of nitrogens with one attached hydrogen (secondary N) is 1. The number of carbonyl (C=O) groups excluding carboxylic acids is 1. The van der Waals surface area contributed by atoms with E-state index in [1.54, 1.807) is 3.96 Å². The average molecular weight is 370 g/mol. The Kier molecular flexibility index (Phi) is 4.62. The SMILES string of the molecule is O=C(CCCn1sc2ccccc2c1=O)NCc1ccc2c(c1)OCO2. The summed E-state index contributed by atoms with van der Waals surface area (Å²) in [4.78, 5) is 24.3. The highest BCUT2D eigenvalue weighted by Gasteiger charge is 2.13. The van der Waals surface area contributed by atoms with E-state index >= 15 is 0 Å². The molecule has 6 nitrogen and oxygen atoms in total. The predicted octanol–water partition coefficient (Wildman–Crippen LogP) is 2.89. The Morgan fingerprint density at radius 3 is 2.88 bits per heavy atom. The molecular formula is C19H18N2O4S. The van der Waals surface area contributed by atoms with E-state index in [2.05, 4.69) is 5.32 Å². The molecule has 0 bridgehead atoms. The lowest BCUT2D eigenvalue weighted by atomic mass is 10.2. The molecule has 1 aliphatic heterocycles. The number of amides is 1. The van der Waals surface area contributed by atoms with E-state index < -0.39 is 0 Å². The number of ether oxygens (including phenoxy) is 2. The minimum Gasteiger partial charge on any atom is -0.454 e. The second-order valence-electron chi connectivity index (χ2n) is 6.06. The van der Waals surface area contributed by atoms with Crippen molar-refractivity contribution in [3.8, 4) is 11.5 Å². The first-order valence-electron chi connectivity index (χ1n) is 8.45. The van der Waals surface area contributed by atoms with Gasteiger partial charge in [0.15, 0.2) is 11.5 Å².